The minimum atomic E-state index is -0.740. The lowest BCUT2D eigenvalue weighted by molar-refractivity contribution is -0.335. The Morgan fingerprint density at radius 3 is 2.75 bits per heavy atom. The Hall–Kier alpha value is -2.42. The van der Waals surface area contributed by atoms with Gasteiger partial charge in [0.05, 0.1) is 18.3 Å². The van der Waals surface area contributed by atoms with Crippen molar-refractivity contribution in [3.05, 3.63) is 45.9 Å². The van der Waals surface area contributed by atoms with Gasteiger partial charge in [0.25, 0.3) is 0 Å². The maximum Gasteiger partial charge on any atom is 0.345 e. The number of carbonyl (C=O) groups excluding carboxylic acids is 1. The molecule has 2 saturated heterocycles. The summed E-state index contributed by atoms with van der Waals surface area (Å²) in [5, 5.41) is 0.310. The van der Waals surface area contributed by atoms with Crippen molar-refractivity contribution in [2.75, 3.05) is 39.8 Å². The van der Waals surface area contributed by atoms with Crippen LogP contribution in [0, 0.1) is 11.7 Å². The van der Waals surface area contributed by atoms with E-state index < -0.39 is 11.9 Å². The lowest BCUT2D eigenvalue weighted by Crippen LogP contribution is -2.58. The van der Waals surface area contributed by atoms with Crippen LogP contribution in [-0.2, 0) is 9.53 Å². The summed E-state index contributed by atoms with van der Waals surface area (Å²) < 4.78 is 22.5. The highest BCUT2D eigenvalue weighted by atomic mass is 35.5. The second kappa shape index (κ2) is 8.17. The van der Waals surface area contributed by atoms with Crippen LogP contribution in [0.4, 0.5) is 4.39 Å². The van der Waals surface area contributed by atoms with Crippen molar-refractivity contribution in [1.29, 1.82) is 0 Å². The maximum absolute atomic E-state index is 14.9. The summed E-state index contributed by atoms with van der Waals surface area (Å²) in [7, 11) is 2.10. The Morgan fingerprint density at radius 1 is 1.25 bits per heavy atom. The quantitative estimate of drug-likeness (QED) is 0.639. The number of ether oxygens (including phenoxy) is 1. The second-order valence-corrected chi connectivity index (χ2v) is 9.31. The molecule has 0 radical (unpaired) electrons. The molecule has 0 bridgehead atoms. The summed E-state index contributed by atoms with van der Waals surface area (Å²) in [6.45, 7) is 7.50. The van der Waals surface area contributed by atoms with E-state index in [1.165, 1.54) is 10.6 Å². The predicted molar refractivity (Wildman–Crippen MR) is 121 cm³/mol. The van der Waals surface area contributed by atoms with Crippen molar-refractivity contribution in [3.63, 3.8) is 0 Å². The van der Waals surface area contributed by atoms with E-state index in [0.29, 0.717) is 59.1 Å². The van der Waals surface area contributed by atoms with Crippen LogP contribution in [0.15, 0.2) is 39.5 Å². The van der Waals surface area contributed by atoms with Crippen LogP contribution in [0.5, 0.6) is 0 Å². The first-order valence-electron chi connectivity index (χ1n) is 10.8. The van der Waals surface area contributed by atoms with Crippen molar-refractivity contribution in [1.82, 2.24) is 9.80 Å². The van der Waals surface area contributed by atoms with Crippen LogP contribution in [0.1, 0.15) is 25.5 Å². The fourth-order valence-corrected chi connectivity index (χ4v) is 4.81. The summed E-state index contributed by atoms with van der Waals surface area (Å²) in [6.07, 6.45) is 1.84. The first-order valence-corrected chi connectivity index (χ1v) is 11.2. The lowest BCUT2D eigenvalue weighted by atomic mass is 9.93. The van der Waals surface area contributed by atoms with Gasteiger partial charge in [0.2, 0.25) is 0 Å². The molecule has 0 spiro atoms. The number of halogens is 2. The van der Waals surface area contributed by atoms with Gasteiger partial charge in [0, 0.05) is 49.6 Å². The van der Waals surface area contributed by atoms with Crippen molar-refractivity contribution in [2.24, 2.45) is 15.9 Å². The number of rotatable bonds is 2. The van der Waals surface area contributed by atoms with Crippen LogP contribution in [0.25, 0.3) is 0 Å². The number of hydrogen-bond donors (Lipinski definition) is 0. The van der Waals surface area contributed by atoms with Crippen molar-refractivity contribution < 1.29 is 18.5 Å². The van der Waals surface area contributed by atoms with E-state index in [2.05, 4.69) is 21.8 Å². The predicted octanol–water partition coefficient (Wildman–Crippen LogP) is 2.51. The fraction of sp³-hybridized carbons (Fsp3) is 0.478. The van der Waals surface area contributed by atoms with Gasteiger partial charge in [-0.3, -0.25) is 0 Å². The number of amides is 1. The molecule has 2 fully saturated rings. The fourth-order valence-electron chi connectivity index (χ4n) is 4.65. The summed E-state index contributed by atoms with van der Waals surface area (Å²) in [6, 6.07) is 3.78. The first-order chi connectivity index (χ1) is 15.3. The Labute approximate surface area is 191 Å². The normalized spacial score (nSPS) is 27.0. The van der Waals surface area contributed by atoms with Crippen LogP contribution in [-0.4, -0.2) is 84.1 Å². The average molecular weight is 459 g/mol. The summed E-state index contributed by atoms with van der Waals surface area (Å²) >= 11 is 5.97. The molecule has 5 rings (SSSR count). The zero-order valence-corrected chi connectivity index (χ0v) is 19.1. The monoisotopic (exact) mass is 458 g/mol. The number of nitrogens with zero attached hydrogens (tertiary/aromatic N) is 5. The number of amidine groups is 2. The Bertz CT molecular complexity index is 1110. The standard InChI is InChI=1S/C23H26ClFN5O2/c1-13-14(2)26-22-21(17-5-4-16(24)8-18(17)25)27-20(12-30(22)23(13)31)29-6-7-32-19(11-29)15-9-28(3)10-15/h4-5,8,12,15,19,21H,6-7,9-11H2,1-3H3/q+1. The molecular formula is C23H26ClFN5O2+. The highest BCUT2D eigenvalue weighted by Gasteiger charge is 2.43. The lowest BCUT2D eigenvalue weighted by Gasteiger charge is -2.45. The molecule has 1 amide bonds. The van der Waals surface area contributed by atoms with Crippen LogP contribution in [0.2, 0.25) is 5.02 Å². The number of likely N-dealkylation sites (tertiary alicyclic amines) is 1. The van der Waals surface area contributed by atoms with Gasteiger partial charge in [-0.05, 0) is 31.1 Å². The SMILES string of the molecule is CC1=C(C)C(=O)[N+]2=CC(N3CCOC(C4CN(C)C4)C3)=NC(c3ccc(Cl)cc3F)C2=N1. The number of hydrogen-bond acceptors (Lipinski definition) is 6. The third kappa shape index (κ3) is 3.70. The smallest absolute Gasteiger partial charge is 0.345 e. The van der Waals surface area contributed by atoms with Crippen LogP contribution >= 0.6 is 11.6 Å². The van der Waals surface area contributed by atoms with E-state index in [1.54, 1.807) is 32.2 Å². The van der Waals surface area contributed by atoms with E-state index in [4.69, 9.17) is 21.3 Å². The zero-order valence-electron chi connectivity index (χ0n) is 18.4. The van der Waals surface area contributed by atoms with Gasteiger partial charge >= 0.3 is 11.7 Å². The van der Waals surface area contributed by atoms with Crippen molar-refractivity contribution >= 4 is 35.4 Å². The molecule has 4 aliphatic rings. The Morgan fingerprint density at radius 2 is 2.03 bits per heavy atom. The highest BCUT2D eigenvalue weighted by Crippen LogP contribution is 2.31. The van der Waals surface area contributed by atoms with Gasteiger partial charge in [0.1, 0.15) is 12.0 Å². The third-order valence-corrected chi connectivity index (χ3v) is 6.89. The van der Waals surface area contributed by atoms with E-state index in [9.17, 15) is 9.18 Å². The molecule has 7 nitrogen and oxygen atoms in total. The van der Waals surface area contributed by atoms with Crippen LogP contribution in [0.3, 0.4) is 0 Å². The first kappa shape index (κ1) is 21.4. The molecule has 168 valence electrons. The van der Waals surface area contributed by atoms with Crippen molar-refractivity contribution in [3.8, 4) is 0 Å². The number of benzene rings is 1. The Kier molecular flexibility index (Phi) is 5.47. The average Bonchev–Trinajstić information content (AvgIpc) is 2.75. The molecule has 0 aliphatic carbocycles. The van der Waals surface area contributed by atoms with Gasteiger partial charge in [-0.15, -0.1) is 0 Å². The molecule has 0 aromatic heterocycles. The molecule has 4 aliphatic heterocycles. The summed E-state index contributed by atoms with van der Waals surface area (Å²) in [5.74, 6) is 0.908. The number of morpholine rings is 1. The second-order valence-electron chi connectivity index (χ2n) is 8.88. The van der Waals surface area contributed by atoms with Crippen molar-refractivity contribution in [2.45, 2.75) is 26.0 Å². The van der Waals surface area contributed by atoms with E-state index in [1.807, 2.05) is 0 Å². The molecule has 9 heteroatoms. The van der Waals surface area contributed by atoms with Gasteiger partial charge in [-0.2, -0.15) is 4.58 Å². The topological polar surface area (TPSA) is 60.5 Å². The molecule has 1 aromatic rings. The van der Waals surface area contributed by atoms with Crippen LogP contribution < -0.4 is 0 Å². The molecule has 0 saturated carbocycles. The number of allylic oxidation sites excluding steroid dienone is 1. The highest BCUT2D eigenvalue weighted by molar-refractivity contribution is 6.31. The molecule has 4 heterocycles. The van der Waals surface area contributed by atoms with E-state index in [-0.39, 0.29) is 12.0 Å². The molecule has 2 atom stereocenters. The molecule has 2 unspecified atom stereocenters. The molecule has 32 heavy (non-hydrogen) atoms. The summed E-state index contributed by atoms with van der Waals surface area (Å²) in [4.78, 5) is 27.0. The number of carbonyl (C=O) groups is 1. The zero-order chi connectivity index (χ0) is 22.6. The van der Waals surface area contributed by atoms with E-state index in [0.717, 1.165) is 13.1 Å². The molecule has 1 aromatic carbocycles. The van der Waals surface area contributed by atoms with E-state index >= 15 is 0 Å². The third-order valence-electron chi connectivity index (χ3n) is 6.65. The molecular weight excluding hydrogens is 433 g/mol. The maximum atomic E-state index is 14.9. The minimum absolute atomic E-state index is 0.109. The number of fused-ring (bicyclic) bond motifs is 1. The van der Waals surface area contributed by atoms with Gasteiger partial charge in [-0.25, -0.2) is 14.2 Å². The van der Waals surface area contributed by atoms with Gasteiger partial charge < -0.3 is 14.5 Å². The Balaban J connectivity index is 1.53. The van der Waals surface area contributed by atoms with Gasteiger partial charge in [-0.1, -0.05) is 17.7 Å². The number of aliphatic imine (C=N–C) groups is 2. The van der Waals surface area contributed by atoms with Gasteiger partial charge in [0.15, 0.2) is 17.6 Å². The minimum Gasteiger partial charge on any atom is -0.374 e. The summed E-state index contributed by atoms with van der Waals surface area (Å²) in [5.41, 5.74) is 1.53. The largest absolute Gasteiger partial charge is 0.374 e. The molecule has 0 N–H and O–H groups in total.